The Hall–Kier alpha value is -1.60. The van der Waals surface area contributed by atoms with Crippen molar-refractivity contribution in [2.75, 3.05) is 11.5 Å². The molecule has 25 heavy (non-hydrogen) atoms. The number of imidazole rings is 1. The fraction of sp³-hybridized carbons (Fsp3) is 0.389. The molecule has 0 radical (unpaired) electrons. The van der Waals surface area contributed by atoms with Crippen LogP contribution in [0.1, 0.15) is 25.8 Å². The molecule has 0 aliphatic rings. The van der Waals surface area contributed by atoms with Crippen molar-refractivity contribution in [3.63, 3.8) is 0 Å². The summed E-state index contributed by atoms with van der Waals surface area (Å²) in [4.78, 5) is 13.6. The molecule has 0 fully saturated rings. The molecular formula is C18H22BrN5S. The van der Waals surface area contributed by atoms with Crippen LogP contribution in [0, 0.1) is 5.92 Å². The summed E-state index contributed by atoms with van der Waals surface area (Å²) in [6, 6.07) is 10.5. The van der Waals surface area contributed by atoms with Gasteiger partial charge in [-0.15, -0.1) is 0 Å². The monoisotopic (exact) mass is 419 g/mol. The Morgan fingerprint density at radius 3 is 2.64 bits per heavy atom. The van der Waals surface area contributed by atoms with Gasteiger partial charge in [-0.1, -0.05) is 55.9 Å². The summed E-state index contributed by atoms with van der Waals surface area (Å²) in [6.45, 7) is 5.18. The molecule has 1 aromatic carbocycles. The summed E-state index contributed by atoms with van der Waals surface area (Å²) in [5.74, 6) is 1.89. The van der Waals surface area contributed by atoms with E-state index in [9.17, 15) is 0 Å². The highest BCUT2D eigenvalue weighted by Crippen LogP contribution is 2.26. The molecule has 0 spiro atoms. The number of halogens is 1. The van der Waals surface area contributed by atoms with E-state index in [1.807, 2.05) is 6.07 Å². The van der Waals surface area contributed by atoms with E-state index in [4.69, 9.17) is 10.7 Å². The van der Waals surface area contributed by atoms with Crippen molar-refractivity contribution in [2.24, 2.45) is 5.92 Å². The highest BCUT2D eigenvalue weighted by molar-refractivity contribution is 9.10. The number of benzene rings is 1. The van der Waals surface area contributed by atoms with Crippen LogP contribution in [0.2, 0.25) is 0 Å². The molecule has 3 rings (SSSR count). The van der Waals surface area contributed by atoms with Gasteiger partial charge in [-0.3, -0.25) is 0 Å². The van der Waals surface area contributed by atoms with Crippen molar-refractivity contribution in [1.82, 2.24) is 19.5 Å². The molecule has 0 aliphatic heterocycles. The first-order valence-corrected chi connectivity index (χ1v) is 10.2. The molecule has 0 unspecified atom stereocenters. The first-order chi connectivity index (χ1) is 12.0. The van der Waals surface area contributed by atoms with Crippen LogP contribution < -0.4 is 5.73 Å². The summed E-state index contributed by atoms with van der Waals surface area (Å²) in [7, 11) is 0. The molecule has 0 saturated carbocycles. The van der Waals surface area contributed by atoms with Gasteiger partial charge in [-0.2, -0.15) is 0 Å². The van der Waals surface area contributed by atoms with E-state index in [1.54, 1.807) is 11.8 Å². The second kappa shape index (κ2) is 8.19. The van der Waals surface area contributed by atoms with Crippen molar-refractivity contribution in [1.29, 1.82) is 0 Å². The number of nitrogen functional groups attached to an aromatic ring is 1. The van der Waals surface area contributed by atoms with Gasteiger partial charge in [-0.05, 0) is 40.3 Å². The number of fused-ring (bicyclic) bond motifs is 1. The smallest absolute Gasteiger partial charge is 0.191 e. The molecule has 0 saturated heterocycles. The third-order valence-corrected chi connectivity index (χ3v) is 5.33. The molecule has 0 aliphatic carbocycles. The lowest BCUT2D eigenvalue weighted by Gasteiger charge is -2.09. The molecule has 132 valence electrons. The molecule has 0 bridgehead atoms. The maximum absolute atomic E-state index is 6.10. The molecule has 0 amide bonds. The first kappa shape index (κ1) is 18.2. The second-order valence-corrected chi connectivity index (χ2v) is 8.16. The van der Waals surface area contributed by atoms with Gasteiger partial charge in [0.2, 0.25) is 0 Å². The van der Waals surface area contributed by atoms with Crippen molar-refractivity contribution < 1.29 is 0 Å². The van der Waals surface area contributed by atoms with Crippen LogP contribution in [-0.4, -0.2) is 25.3 Å². The molecule has 3 aromatic rings. The number of anilines is 1. The van der Waals surface area contributed by atoms with Gasteiger partial charge in [0.25, 0.3) is 0 Å². The predicted molar refractivity (Wildman–Crippen MR) is 108 cm³/mol. The second-order valence-electron chi connectivity index (χ2n) is 6.39. The maximum atomic E-state index is 6.10. The third-order valence-electron chi connectivity index (χ3n) is 3.79. The fourth-order valence-corrected chi connectivity index (χ4v) is 3.93. The summed E-state index contributed by atoms with van der Waals surface area (Å²) < 4.78 is 2.81. The molecule has 7 heteroatoms. The Morgan fingerprint density at radius 2 is 1.92 bits per heavy atom. The van der Waals surface area contributed by atoms with Crippen molar-refractivity contribution in [3.05, 3.63) is 40.6 Å². The van der Waals surface area contributed by atoms with Gasteiger partial charge in [-0.25, -0.2) is 15.0 Å². The minimum absolute atomic E-state index is 0.443. The molecule has 2 heterocycles. The Bertz CT molecular complexity index is 848. The van der Waals surface area contributed by atoms with Gasteiger partial charge < -0.3 is 10.3 Å². The van der Waals surface area contributed by atoms with Crippen LogP contribution in [0.3, 0.4) is 0 Å². The van der Waals surface area contributed by atoms with Crippen LogP contribution in [0.25, 0.3) is 11.2 Å². The third kappa shape index (κ3) is 4.52. The van der Waals surface area contributed by atoms with Gasteiger partial charge in [0, 0.05) is 12.3 Å². The number of nitrogens with zero attached hydrogens (tertiary/aromatic N) is 4. The number of nitrogens with two attached hydrogens (primary N) is 1. The van der Waals surface area contributed by atoms with Crippen molar-refractivity contribution in [2.45, 2.75) is 38.4 Å². The highest BCUT2D eigenvalue weighted by Gasteiger charge is 2.16. The largest absolute Gasteiger partial charge is 0.382 e. The average molecular weight is 420 g/mol. The first-order valence-electron chi connectivity index (χ1n) is 8.40. The highest BCUT2D eigenvalue weighted by atomic mass is 79.9. The van der Waals surface area contributed by atoms with Gasteiger partial charge >= 0.3 is 0 Å². The summed E-state index contributed by atoms with van der Waals surface area (Å²) >= 11 is 5.16. The minimum Gasteiger partial charge on any atom is -0.382 e. The van der Waals surface area contributed by atoms with Gasteiger partial charge in [0.15, 0.2) is 26.9 Å². The van der Waals surface area contributed by atoms with E-state index in [-0.39, 0.29) is 0 Å². The Balaban J connectivity index is 1.71. The summed E-state index contributed by atoms with van der Waals surface area (Å²) in [6.07, 6.45) is 2.13. The van der Waals surface area contributed by atoms with Gasteiger partial charge in [0.1, 0.15) is 0 Å². The summed E-state index contributed by atoms with van der Waals surface area (Å²) in [5.41, 5.74) is 8.94. The standard InChI is InChI=1S/C18H22BrN5S/c1-12(2)11-24-16-14(21-17(24)19)15(20)22-18(23-16)25-10-6-9-13-7-4-3-5-8-13/h3-5,7-8,12H,6,9-11H2,1-2H3,(H2,20,22,23). The van der Waals surface area contributed by atoms with E-state index < -0.39 is 0 Å². The van der Waals surface area contributed by atoms with E-state index in [2.05, 4.69) is 68.6 Å². The Labute approximate surface area is 160 Å². The van der Waals surface area contributed by atoms with E-state index in [1.165, 1.54) is 5.56 Å². The van der Waals surface area contributed by atoms with Crippen LogP contribution in [0.5, 0.6) is 0 Å². The lowest BCUT2D eigenvalue weighted by molar-refractivity contribution is 0.523. The predicted octanol–water partition coefficient (Wildman–Crippen LogP) is 4.55. The zero-order chi connectivity index (χ0) is 17.8. The van der Waals surface area contributed by atoms with E-state index >= 15 is 0 Å². The lowest BCUT2D eigenvalue weighted by atomic mass is 10.1. The van der Waals surface area contributed by atoms with Crippen LogP contribution >= 0.6 is 27.7 Å². The SMILES string of the molecule is CC(C)Cn1c(Br)nc2c(N)nc(SCCCc3ccccc3)nc21. The zero-order valence-corrected chi connectivity index (χ0v) is 16.8. The zero-order valence-electron chi connectivity index (χ0n) is 14.4. The molecule has 2 N–H and O–H groups in total. The quantitative estimate of drug-likeness (QED) is 0.263. The van der Waals surface area contributed by atoms with Crippen molar-refractivity contribution in [3.8, 4) is 0 Å². The van der Waals surface area contributed by atoms with E-state index in [0.717, 1.165) is 40.7 Å². The number of aryl methyl sites for hydroxylation is 1. The number of hydrogen-bond acceptors (Lipinski definition) is 5. The molecule has 2 aromatic heterocycles. The lowest BCUT2D eigenvalue weighted by Crippen LogP contribution is -2.06. The number of hydrogen-bond donors (Lipinski definition) is 1. The van der Waals surface area contributed by atoms with Gasteiger partial charge in [0.05, 0.1) is 0 Å². The van der Waals surface area contributed by atoms with Crippen LogP contribution in [0.4, 0.5) is 5.82 Å². The minimum atomic E-state index is 0.443. The topological polar surface area (TPSA) is 69.6 Å². The number of aromatic nitrogens is 4. The van der Waals surface area contributed by atoms with Crippen LogP contribution in [0.15, 0.2) is 40.2 Å². The van der Waals surface area contributed by atoms with E-state index in [0.29, 0.717) is 17.3 Å². The normalized spacial score (nSPS) is 11.5. The molecular weight excluding hydrogens is 398 g/mol. The molecule has 0 atom stereocenters. The number of rotatable bonds is 7. The maximum Gasteiger partial charge on any atom is 0.191 e. The Kier molecular flexibility index (Phi) is 5.96. The summed E-state index contributed by atoms with van der Waals surface area (Å²) in [5, 5.41) is 0.718. The Morgan fingerprint density at radius 1 is 1.16 bits per heavy atom. The number of thioether (sulfide) groups is 1. The van der Waals surface area contributed by atoms with Crippen LogP contribution in [-0.2, 0) is 13.0 Å². The molecule has 5 nitrogen and oxygen atoms in total. The van der Waals surface area contributed by atoms with Crippen molar-refractivity contribution >= 4 is 44.7 Å². The average Bonchev–Trinajstić information content (AvgIpc) is 2.89. The fourth-order valence-electron chi connectivity index (χ4n) is 2.65.